The number of piperazine rings is 1. The molecular formula is C25H21F3N6. The Balaban J connectivity index is 1.44. The van der Waals surface area contributed by atoms with Gasteiger partial charge in [0.05, 0.1) is 11.3 Å². The average Bonchev–Trinajstić information content (AvgIpc) is 3.23. The lowest BCUT2D eigenvalue weighted by atomic mass is 10.1. The summed E-state index contributed by atoms with van der Waals surface area (Å²) in [5.74, 6) is 0.508. The second kappa shape index (κ2) is 8.80. The van der Waals surface area contributed by atoms with Crippen molar-refractivity contribution >= 4 is 11.5 Å². The maximum atomic E-state index is 13.2. The molecule has 2 aromatic heterocycles. The first-order valence-electron chi connectivity index (χ1n) is 10.9. The van der Waals surface area contributed by atoms with E-state index in [1.54, 1.807) is 12.1 Å². The Bertz CT molecular complexity index is 1350. The van der Waals surface area contributed by atoms with Crippen LogP contribution in [0.2, 0.25) is 0 Å². The first-order valence-corrected chi connectivity index (χ1v) is 10.9. The molecule has 0 spiro atoms. The Morgan fingerprint density at radius 1 is 0.941 bits per heavy atom. The van der Waals surface area contributed by atoms with Gasteiger partial charge < -0.3 is 4.90 Å². The Morgan fingerprint density at radius 2 is 1.71 bits per heavy atom. The fourth-order valence-electron chi connectivity index (χ4n) is 4.29. The number of benzene rings is 2. The van der Waals surface area contributed by atoms with E-state index in [2.05, 4.69) is 33.2 Å². The molecule has 1 fully saturated rings. The van der Waals surface area contributed by atoms with E-state index in [9.17, 15) is 18.4 Å². The van der Waals surface area contributed by atoms with Gasteiger partial charge in [-0.1, -0.05) is 42.5 Å². The average molecular weight is 462 g/mol. The zero-order chi connectivity index (χ0) is 23.7. The minimum atomic E-state index is -4.45. The van der Waals surface area contributed by atoms with Crippen molar-refractivity contribution < 1.29 is 13.2 Å². The second-order valence-corrected chi connectivity index (χ2v) is 8.20. The molecule has 1 saturated heterocycles. The van der Waals surface area contributed by atoms with Gasteiger partial charge in [0, 0.05) is 44.5 Å². The predicted octanol–water partition coefficient (Wildman–Crippen LogP) is 4.61. The van der Waals surface area contributed by atoms with E-state index in [0.29, 0.717) is 41.4 Å². The summed E-state index contributed by atoms with van der Waals surface area (Å²) >= 11 is 0. The Labute approximate surface area is 194 Å². The molecule has 0 radical (unpaired) electrons. The SMILES string of the molecule is N#Cc1c(N2CCN(Cc3ccccc3)CC2)nn2c(-c3cccc(C(F)(F)F)c3)ccnc12. The molecule has 5 rings (SSSR count). The fraction of sp³-hybridized carbons (Fsp3) is 0.240. The summed E-state index contributed by atoms with van der Waals surface area (Å²) in [7, 11) is 0. The monoisotopic (exact) mass is 462 g/mol. The quantitative estimate of drug-likeness (QED) is 0.443. The number of nitriles is 1. The summed E-state index contributed by atoms with van der Waals surface area (Å²) in [5.41, 5.74) is 1.97. The molecule has 172 valence electrons. The number of fused-ring (bicyclic) bond motifs is 1. The van der Waals surface area contributed by atoms with Crippen LogP contribution in [0.15, 0.2) is 66.9 Å². The second-order valence-electron chi connectivity index (χ2n) is 8.20. The summed E-state index contributed by atoms with van der Waals surface area (Å²) in [4.78, 5) is 8.71. The number of anilines is 1. The molecule has 3 heterocycles. The van der Waals surface area contributed by atoms with E-state index in [4.69, 9.17) is 0 Å². The highest BCUT2D eigenvalue weighted by molar-refractivity contribution is 5.73. The van der Waals surface area contributed by atoms with Crippen LogP contribution in [0.3, 0.4) is 0 Å². The third kappa shape index (κ3) is 4.20. The largest absolute Gasteiger partial charge is 0.416 e. The predicted molar refractivity (Wildman–Crippen MR) is 122 cm³/mol. The fourth-order valence-corrected chi connectivity index (χ4v) is 4.29. The van der Waals surface area contributed by atoms with Crippen LogP contribution in [0.5, 0.6) is 0 Å². The van der Waals surface area contributed by atoms with Gasteiger partial charge in [0.25, 0.3) is 0 Å². The van der Waals surface area contributed by atoms with Crippen LogP contribution in [-0.2, 0) is 12.7 Å². The molecule has 0 aliphatic carbocycles. The maximum Gasteiger partial charge on any atom is 0.416 e. The van der Waals surface area contributed by atoms with Gasteiger partial charge in [0.15, 0.2) is 11.5 Å². The first kappa shape index (κ1) is 21.9. The lowest BCUT2D eigenvalue weighted by Crippen LogP contribution is -2.46. The molecule has 0 N–H and O–H groups in total. The van der Waals surface area contributed by atoms with E-state index in [1.807, 2.05) is 23.1 Å². The summed E-state index contributed by atoms with van der Waals surface area (Å²) in [5, 5.41) is 14.5. The van der Waals surface area contributed by atoms with Gasteiger partial charge in [0.2, 0.25) is 0 Å². The number of rotatable bonds is 4. The molecule has 1 aliphatic heterocycles. The Kier molecular flexibility index (Phi) is 5.67. The van der Waals surface area contributed by atoms with Crippen LogP contribution in [0, 0.1) is 11.3 Å². The standard InChI is InChI=1S/C25H21F3N6/c26-25(27,28)20-8-4-7-19(15-20)22-9-10-30-23-21(16-29)24(31-34(22)23)33-13-11-32(12-14-33)17-18-5-2-1-3-6-18/h1-10,15H,11-14,17H2. The van der Waals surface area contributed by atoms with Gasteiger partial charge >= 0.3 is 6.18 Å². The molecule has 0 amide bonds. The van der Waals surface area contributed by atoms with Gasteiger partial charge in [-0.2, -0.15) is 18.4 Å². The van der Waals surface area contributed by atoms with Gasteiger partial charge in [-0.05, 0) is 23.8 Å². The van der Waals surface area contributed by atoms with Crippen molar-refractivity contribution in [3.8, 4) is 17.3 Å². The van der Waals surface area contributed by atoms with Crippen molar-refractivity contribution in [2.45, 2.75) is 12.7 Å². The molecule has 9 heteroatoms. The molecule has 0 saturated carbocycles. The molecule has 2 aromatic carbocycles. The van der Waals surface area contributed by atoms with Crippen molar-refractivity contribution in [1.82, 2.24) is 19.5 Å². The number of hydrogen-bond acceptors (Lipinski definition) is 5. The maximum absolute atomic E-state index is 13.2. The molecule has 4 aromatic rings. The van der Waals surface area contributed by atoms with E-state index < -0.39 is 11.7 Å². The highest BCUT2D eigenvalue weighted by Gasteiger charge is 2.31. The zero-order valence-electron chi connectivity index (χ0n) is 18.2. The molecule has 6 nitrogen and oxygen atoms in total. The van der Waals surface area contributed by atoms with Crippen molar-refractivity contribution in [2.75, 3.05) is 31.1 Å². The summed E-state index contributed by atoms with van der Waals surface area (Å²) in [6.45, 7) is 3.84. The van der Waals surface area contributed by atoms with Crippen LogP contribution in [0.25, 0.3) is 16.9 Å². The third-order valence-corrected chi connectivity index (χ3v) is 6.02. The number of nitrogens with zero attached hydrogens (tertiary/aromatic N) is 6. The molecule has 1 aliphatic rings. The van der Waals surface area contributed by atoms with E-state index in [0.717, 1.165) is 31.8 Å². The highest BCUT2D eigenvalue weighted by Crippen LogP contribution is 2.33. The van der Waals surface area contributed by atoms with Gasteiger partial charge in [-0.15, -0.1) is 5.10 Å². The van der Waals surface area contributed by atoms with Crippen LogP contribution in [0.1, 0.15) is 16.7 Å². The summed E-state index contributed by atoms with van der Waals surface area (Å²) < 4.78 is 41.2. The van der Waals surface area contributed by atoms with Crippen molar-refractivity contribution in [1.29, 1.82) is 5.26 Å². The Morgan fingerprint density at radius 3 is 2.41 bits per heavy atom. The summed E-state index contributed by atoms with van der Waals surface area (Å²) in [6.07, 6.45) is -2.95. The van der Waals surface area contributed by atoms with Gasteiger partial charge in [-0.3, -0.25) is 4.90 Å². The lowest BCUT2D eigenvalue weighted by Gasteiger charge is -2.34. The first-order chi connectivity index (χ1) is 16.4. The lowest BCUT2D eigenvalue weighted by molar-refractivity contribution is -0.137. The molecule has 0 unspecified atom stereocenters. The van der Waals surface area contributed by atoms with Crippen molar-refractivity contribution in [3.05, 3.63) is 83.6 Å². The van der Waals surface area contributed by atoms with Crippen molar-refractivity contribution in [3.63, 3.8) is 0 Å². The summed E-state index contributed by atoms with van der Waals surface area (Å²) in [6, 6.07) is 19.1. The Hall–Kier alpha value is -3.90. The molecule has 0 atom stereocenters. The van der Waals surface area contributed by atoms with Gasteiger partial charge in [0.1, 0.15) is 11.6 Å². The van der Waals surface area contributed by atoms with E-state index in [-0.39, 0.29) is 0 Å². The van der Waals surface area contributed by atoms with Crippen LogP contribution in [0.4, 0.5) is 19.0 Å². The smallest absolute Gasteiger partial charge is 0.351 e. The highest BCUT2D eigenvalue weighted by atomic mass is 19.4. The van der Waals surface area contributed by atoms with Crippen LogP contribution < -0.4 is 4.90 Å². The zero-order valence-corrected chi connectivity index (χ0v) is 18.2. The normalized spacial score (nSPS) is 14.9. The number of alkyl halides is 3. The van der Waals surface area contributed by atoms with E-state index >= 15 is 0 Å². The van der Waals surface area contributed by atoms with Gasteiger partial charge in [-0.25, -0.2) is 9.50 Å². The number of aromatic nitrogens is 3. The molecule has 0 bridgehead atoms. The van der Waals surface area contributed by atoms with Crippen molar-refractivity contribution in [2.24, 2.45) is 0 Å². The minimum Gasteiger partial charge on any atom is -0.351 e. The topological polar surface area (TPSA) is 60.5 Å². The third-order valence-electron chi connectivity index (χ3n) is 6.02. The van der Waals surface area contributed by atoms with Crippen LogP contribution in [-0.4, -0.2) is 45.7 Å². The van der Waals surface area contributed by atoms with Crippen LogP contribution >= 0.6 is 0 Å². The number of halogens is 3. The van der Waals surface area contributed by atoms with E-state index in [1.165, 1.54) is 22.3 Å². The molecular weight excluding hydrogens is 441 g/mol. The molecule has 34 heavy (non-hydrogen) atoms. The minimum absolute atomic E-state index is 0.324. The number of hydrogen-bond donors (Lipinski definition) is 0.